The Morgan fingerprint density at radius 2 is 2.00 bits per heavy atom. The van der Waals surface area contributed by atoms with Crippen molar-refractivity contribution in [1.82, 2.24) is 4.31 Å². The van der Waals surface area contributed by atoms with Crippen LogP contribution in [0.1, 0.15) is 13.3 Å². The molecule has 0 spiro atoms. The first kappa shape index (κ1) is 15.2. The SMILES string of the molecule is CCC1(O)CN(S(=O)(=O)c2c(N)cc(Br)cc2Br)C1. The van der Waals surface area contributed by atoms with Crippen LogP contribution < -0.4 is 5.73 Å². The fourth-order valence-corrected chi connectivity index (χ4v) is 5.60. The number of β-amino-alcohol motifs (C(OH)–C–C–N with tert-alkyl or cyclic N) is 1. The third-order valence-corrected chi connectivity index (χ3v) is 6.49. The number of benzene rings is 1. The van der Waals surface area contributed by atoms with Crippen LogP contribution in [0.5, 0.6) is 0 Å². The van der Waals surface area contributed by atoms with E-state index in [2.05, 4.69) is 31.9 Å². The Balaban J connectivity index is 2.38. The van der Waals surface area contributed by atoms with Gasteiger partial charge in [-0.3, -0.25) is 0 Å². The molecule has 1 aliphatic rings. The number of sulfonamides is 1. The van der Waals surface area contributed by atoms with Gasteiger partial charge in [-0.1, -0.05) is 22.9 Å². The fourth-order valence-electron chi connectivity index (χ4n) is 1.99. The van der Waals surface area contributed by atoms with Gasteiger partial charge in [0.25, 0.3) is 0 Å². The van der Waals surface area contributed by atoms with Crippen LogP contribution in [0.25, 0.3) is 0 Å². The van der Waals surface area contributed by atoms with Gasteiger partial charge in [-0.15, -0.1) is 0 Å². The summed E-state index contributed by atoms with van der Waals surface area (Å²) in [6.45, 7) is 2.04. The number of nitrogens with zero attached hydrogens (tertiary/aromatic N) is 1. The van der Waals surface area contributed by atoms with Crippen LogP contribution in [0.4, 0.5) is 5.69 Å². The highest BCUT2D eigenvalue weighted by molar-refractivity contribution is 9.11. The highest BCUT2D eigenvalue weighted by Crippen LogP contribution is 2.37. The summed E-state index contributed by atoms with van der Waals surface area (Å²) in [7, 11) is -3.68. The Hall–Kier alpha value is -0.150. The zero-order valence-electron chi connectivity index (χ0n) is 10.2. The minimum atomic E-state index is -3.68. The molecule has 106 valence electrons. The molecule has 1 aromatic carbocycles. The maximum atomic E-state index is 12.5. The Morgan fingerprint density at radius 3 is 2.47 bits per heavy atom. The Labute approximate surface area is 129 Å². The van der Waals surface area contributed by atoms with Crippen LogP contribution in [-0.4, -0.2) is 36.5 Å². The summed E-state index contributed by atoms with van der Waals surface area (Å²) in [5, 5.41) is 9.93. The fraction of sp³-hybridized carbons (Fsp3) is 0.455. The van der Waals surface area contributed by atoms with Gasteiger partial charge < -0.3 is 10.8 Å². The van der Waals surface area contributed by atoms with Gasteiger partial charge >= 0.3 is 0 Å². The molecular weight excluding hydrogens is 400 g/mol. The molecule has 0 unspecified atom stereocenters. The zero-order chi connectivity index (χ0) is 14.4. The van der Waals surface area contributed by atoms with Crippen LogP contribution in [-0.2, 0) is 10.0 Å². The third kappa shape index (κ3) is 2.69. The average molecular weight is 414 g/mol. The molecule has 0 aromatic heterocycles. The van der Waals surface area contributed by atoms with Gasteiger partial charge in [0.2, 0.25) is 10.0 Å². The predicted octanol–water partition coefficient (Wildman–Crippen LogP) is 1.94. The van der Waals surface area contributed by atoms with Crippen LogP contribution in [0.15, 0.2) is 26.0 Å². The lowest BCUT2D eigenvalue weighted by molar-refractivity contribution is -0.0613. The van der Waals surface area contributed by atoms with Crippen molar-refractivity contribution < 1.29 is 13.5 Å². The maximum Gasteiger partial charge on any atom is 0.246 e. The quantitative estimate of drug-likeness (QED) is 0.741. The molecule has 19 heavy (non-hydrogen) atoms. The van der Waals surface area contributed by atoms with Crippen molar-refractivity contribution in [2.45, 2.75) is 23.8 Å². The molecule has 0 radical (unpaired) electrons. The predicted molar refractivity (Wildman–Crippen MR) is 80.3 cm³/mol. The van der Waals surface area contributed by atoms with Gasteiger partial charge in [-0.05, 0) is 34.5 Å². The Morgan fingerprint density at radius 1 is 1.42 bits per heavy atom. The van der Waals surface area contributed by atoms with Crippen molar-refractivity contribution in [1.29, 1.82) is 0 Å². The van der Waals surface area contributed by atoms with E-state index in [4.69, 9.17) is 5.73 Å². The molecule has 1 heterocycles. The third-order valence-electron chi connectivity index (χ3n) is 3.23. The summed E-state index contributed by atoms with van der Waals surface area (Å²) in [6, 6.07) is 3.18. The highest BCUT2D eigenvalue weighted by Gasteiger charge is 2.46. The number of anilines is 1. The number of hydrogen-bond donors (Lipinski definition) is 2. The van der Waals surface area contributed by atoms with Gasteiger partial charge in [0.1, 0.15) is 4.90 Å². The highest BCUT2D eigenvalue weighted by atomic mass is 79.9. The van der Waals surface area contributed by atoms with E-state index in [1.165, 1.54) is 4.31 Å². The van der Waals surface area contributed by atoms with Crippen molar-refractivity contribution in [3.05, 3.63) is 21.1 Å². The maximum absolute atomic E-state index is 12.5. The Kier molecular flexibility index (Phi) is 4.01. The number of nitrogen functional groups attached to an aromatic ring is 1. The van der Waals surface area contributed by atoms with Gasteiger partial charge in [0, 0.05) is 22.0 Å². The first-order chi connectivity index (χ1) is 8.69. The first-order valence-electron chi connectivity index (χ1n) is 5.67. The summed E-state index contributed by atoms with van der Waals surface area (Å²) >= 11 is 6.48. The van der Waals surface area contributed by atoms with Crippen molar-refractivity contribution in [2.24, 2.45) is 0 Å². The smallest absolute Gasteiger partial charge is 0.246 e. The lowest BCUT2D eigenvalue weighted by atomic mass is 9.94. The number of hydrogen-bond acceptors (Lipinski definition) is 4. The van der Waals surface area contributed by atoms with Crippen molar-refractivity contribution in [2.75, 3.05) is 18.8 Å². The molecule has 3 N–H and O–H groups in total. The molecule has 0 amide bonds. The van der Waals surface area contributed by atoms with Gasteiger partial charge in [-0.25, -0.2) is 8.42 Å². The van der Waals surface area contributed by atoms with Gasteiger partial charge in [-0.2, -0.15) is 4.31 Å². The number of rotatable bonds is 3. The molecule has 1 aliphatic heterocycles. The normalized spacial score (nSPS) is 19.2. The van der Waals surface area contributed by atoms with Crippen LogP contribution in [0, 0.1) is 0 Å². The molecule has 1 fully saturated rings. The molecule has 0 atom stereocenters. The van der Waals surface area contributed by atoms with E-state index in [1.54, 1.807) is 12.1 Å². The lowest BCUT2D eigenvalue weighted by Gasteiger charge is -2.45. The van der Waals surface area contributed by atoms with Crippen LogP contribution in [0.3, 0.4) is 0 Å². The second-order valence-corrected chi connectivity index (χ2v) is 8.30. The number of nitrogens with two attached hydrogens (primary N) is 1. The standard InChI is InChI=1S/C11H14Br2N2O3S/c1-2-11(16)5-15(6-11)19(17,18)10-8(13)3-7(12)4-9(10)14/h3-4,16H,2,5-6,14H2,1H3. The molecule has 1 saturated heterocycles. The monoisotopic (exact) mass is 412 g/mol. The summed E-state index contributed by atoms with van der Waals surface area (Å²) in [6.07, 6.45) is 0.524. The Bertz CT molecular complexity index is 589. The average Bonchev–Trinajstić information content (AvgIpc) is 2.22. The van der Waals surface area contributed by atoms with Crippen molar-refractivity contribution in [3.63, 3.8) is 0 Å². The minimum absolute atomic E-state index is 0.0499. The first-order valence-corrected chi connectivity index (χ1v) is 8.69. The van der Waals surface area contributed by atoms with Crippen molar-refractivity contribution in [3.8, 4) is 0 Å². The topological polar surface area (TPSA) is 83.6 Å². The second kappa shape index (κ2) is 5.00. The summed E-state index contributed by atoms with van der Waals surface area (Å²) in [4.78, 5) is 0.0499. The molecule has 5 nitrogen and oxygen atoms in total. The molecular formula is C11H14Br2N2O3S. The largest absolute Gasteiger partial charge is 0.398 e. The summed E-state index contributed by atoms with van der Waals surface area (Å²) in [5.74, 6) is 0. The minimum Gasteiger partial charge on any atom is -0.398 e. The van der Waals surface area contributed by atoms with E-state index >= 15 is 0 Å². The molecule has 0 aliphatic carbocycles. The number of aliphatic hydroxyl groups is 1. The molecule has 0 bridgehead atoms. The van der Waals surface area contributed by atoms with Gasteiger partial charge in [0.05, 0.1) is 11.3 Å². The van der Waals surface area contributed by atoms with Crippen LogP contribution in [0.2, 0.25) is 0 Å². The lowest BCUT2D eigenvalue weighted by Crippen LogP contribution is -2.62. The van der Waals surface area contributed by atoms with Crippen molar-refractivity contribution >= 4 is 47.6 Å². The van der Waals surface area contributed by atoms with E-state index in [-0.39, 0.29) is 23.7 Å². The molecule has 1 aromatic rings. The van der Waals surface area contributed by atoms with E-state index in [0.29, 0.717) is 15.4 Å². The number of halogens is 2. The molecule has 8 heteroatoms. The van der Waals surface area contributed by atoms with Crippen LogP contribution >= 0.6 is 31.9 Å². The van der Waals surface area contributed by atoms with Gasteiger partial charge in [0.15, 0.2) is 0 Å². The van der Waals surface area contributed by atoms with E-state index in [0.717, 1.165) is 0 Å². The van der Waals surface area contributed by atoms with E-state index in [1.807, 2.05) is 6.92 Å². The summed E-state index contributed by atoms with van der Waals surface area (Å²) in [5.41, 5.74) is 5.06. The van der Waals surface area contributed by atoms with E-state index < -0.39 is 15.6 Å². The molecule has 0 saturated carbocycles. The second-order valence-electron chi connectivity index (χ2n) is 4.66. The van der Waals surface area contributed by atoms with E-state index in [9.17, 15) is 13.5 Å². The molecule has 2 rings (SSSR count). The summed E-state index contributed by atoms with van der Waals surface area (Å²) < 4.78 is 27.3. The zero-order valence-corrected chi connectivity index (χ0v) is 14.2.